The van der Waals surface area contributed by atoms with Crippen LogP contribution in [0, 0.1) is 0 Å². The molecule has 0 saturated carbocycles. The molecule has 0 fully saturated rings. The zero-order valence-electron chi connectivity index (χ0n) is 24.3. The van der Waals surface area contributed by atoms with Crippen molar-refractivity contribution in [1.29, 1.82) is 0 Å². The average Bonchev–Trinajstić information content (AvgIpc) is 2.86. The van der Waals surface area contributed by atoms with Gasteiger partial charge in [-0.3, -0.25) is 9.36 Å². The van der Waals surface area contributed by atoms with Crippen molar-refractivity contribution >= 4 is 13.8 Å². The van der Waals surface area contributed by atoms with E-state index >= 15 is 0 Å². The summed E-state index contributed by atoms with van der Waals surface area (Å²) in [6, 6.07) is 0. The van der Waals surface area contributed by atoms with Gasteiger partial charge in [0.15, 0.2) is 0 Å². The number of aliphatic hydroxyl groups excluding tert-OH is 1. The highest BCUT2D eigenvalue weighted by Crippen LogP contribution is 2.38. The molecule has 0 rings (SSSR count). The van der Waals surface area contributed by atoms with Crippen LogP contribution in [0.4, 0.5) is 0 Å². The number of phosphoric acid groups is 1. The van der Waals surface area contributed by atoms with E-state index in [9.17, 15) is 19.4 Å². The number of esters is 1. The lowest BCUT2D eigenvalue weighted by Gasteiger charge is -2.27. The van der Waals surface area contributed by atoms with Crippen LogP contribution >= 0.6 is 7.82 Å². The molecule has 9 heteroatoms. The van der Waals surface area contributed by atoms with Gasteiger partial charge in [0, 0.05) is 6.42 Å². The van der Waals surface area contributed by atoms with E-state index in [2.05, 4.69) is 72.2 Å². The second kappa shape index (κ2) is 23.8. The Bertz CT molecular complexity index is 854. The van der Waals surface area contributed by atoms with Crippen molar-refractivity contribution in [3.63, 3.8) is 0 Å². The molecule has 0 amide bonds. The zero-order chi connectivity index (χ0) is 29.2. The lowest BCUT2D eigenvalue weighted by molar-refractivity contribution is -0.870. The molecule has 0 aliphatic carbocycles. The van der Waals surface area contributed by atoms with Gasteiger partial charge in [0.1, 0.15) is 25.9 Å². The maximum atomic E-state index is 11.8. The summed E-state index contributed by atoms with van der Waals surface area (Å²) in [6.45, 7) is 1.71. The van der Waals surface area contributed by atoms with Crippen LogP contribution in [0.1, 0.15) is 58.3 Å². The molecule has 0 bridgehead atoms. The van der Waals surface area contributed by atoms with Crippen LogP contribution in [0.3, 0.4) is 0 Å². The first-order valence-corrected chi connectivity index (χ1v) is 15.2. The Hall–Kier alpha value is -2.06. The summed E-state index contributed by atoms with van der Waals surface area (Å²) in [5.74, 6) is -0.474. The van der Waals surface area contributed by atoms with Crippen molar-refractivity contribution in [2.75, 3.05) is 47.5 Å². The van der Waals surface area contributed by atoms with Crippen molar-refractivity contribution < 1.29 is 37.6 Å². The summed E-state index contributed by atoms with van der Waals surface area (Å²) in [5.41, 5.74) is 0. The number of aliphatic hydroxyl groups is 1. The summed E-state index contributed by atoms with van der Waals surface area (Å²) in [7, 11) is 1.19. The van der Waals surface area contributed by atoms with Gasteiger partial charge < -0.3 is 28.3 Å². The number of nitrogens with zero attached hydrogens (tertiary/aromatic N) is 1. The number of carbonyl (C=O) groups excluding carboxylic acids is 1. The SMILES string of the molecule is CC/C=C\C/C=C\C/C=C\C/C=C\C/C=C\C/C=C\CCC(=O)OC[C@@H](O)COP(=O)([O-])OCC[N+](C)(C)C. The Morgan fingerprint density at radius 2 is 1.26 bits per heavy atom. The van der Waals surface area contributed by atoms with E-state index in [1.165, 1.54) is 0 Å². The van der Waals surface area contributed by atoms with Crippen molar-refractivity contribution in [2.45, 2.75) is 64.4 Å². The number of allylic oxidation sites excluding steroid dienone is 12. The van der Waals surface area contributed by atoms with Gasteiger partial charge >= 0.3 is 5.97 Å². The third-order valence-electron chi connectivity index (χ3n) is 4.98. The lowest BCUT2D eigenvalue weighted by atomic mass is 10.2. The van der Waals surface area contributed by atoms with E-state index in [-0.39, 0.29) is 19.6 Å². The first-order valence-electron chi connectivity index (χ1n) is 13.7. The van der Waals surface area contributed by atoms with Crippen LogP contribution in [-0.2, 0) is 23.1 Å². The third-order valence-corrected chi connectivity index (χ3v) is 5.95. The van der Waals surface area contributed by atoms with Gasteiger partial charge in [0.25, 0.3) is 7.82 Å². The van der Waals surface area contributed by atoms with E-state index in [1.807, 2.05) is 33.3 Å². The maximum absolute atomic E-state index is 11.8. The number of ether oxygens (including phenoxy) is 1. The van der Waals surface area contributed by atoms with Crippen LogP contribution in [0.5, 0.6) is 0 Å². The molecule has 0 spiro atoms. The van der Waals surface area contributed by atoms with E-state index < -0.39 is 26.5 Å². The molecule has 0 heterocycles. The van der Waals surface area contributed by atoms with Gasteiger partial charge in [-0.15, -0.1) is 0 Å². The van der Waals surface area contributed by atoms with Gasteiger partial charge in [0.05, 0.1) is 27.7 Å². The van der Waals surface area contributed by atoms with Gasteiger partial charge in [0.2, 0.25) is 0 Å². The number of quaternary nitrogens is 1. The van der Waals surface area contributed by atoms with Crippen molar-refractivity contribution in [3.05, 3.63) is 72.9 Å². The molecule has 1 unspecified atom stereocenters. The van der Waals surface area contributed by atoms with E-state index in [0.717, 1.165) is 38.5 Å². The number of phosphoric ester groups is 1. The van der Waals surface area contributed by atoms with Crippen molar-refractivity contribution in [3.8, 4) is 0 Å². The number of hydrogen-bond donors (Lipinski definition) is 1. The molecule has 0 aromatic heterocycles. The predicted octanol–water partition coefficient (Wildman–Crippen LogP) is 5.58. The summed E-state index contributed by atoms with van der Waals surface area (Å²) in [4.78, 5) is 23.5. The molecule has 0 radical (unpaired) electrons. The average molecular weight is 568 g/mol. The van der Waals surface area contributed by atoms with Crippen LogP contribution in [0.25, 0.3) is 0 Å². The fourth-order valence-corrected chi connectivity index (χ4v) is 3.53. The number of rotatable bonds is 23. The van der Waals surface area contributed by atoms with Crippen molar-refractivity contribution in [1.82, 2.24) is 0 Å². The highest BCUT2D eigenvalue weighted by Gasteiger charge is 2.16. The molecule has 222 valence electrons. The molecule has 8 nitrogen and oxygen atoms in total. The van der Waals surface area contributed by atoms with Crippen molar-refractivity contribution in [2.24, 2.45) is 0 Å². The number of carbonyl (C=O) groups is 1. The minimum atomic E-state index is -4.51. The van der Waals surface area contributed by atoms with Gasteiger partial charge in [-0.2, -0.15) is 0 Å². The van der Waals surface area contributed by atoms with Crippen LogP contribution in [-0.4, -0.2) is 69.2 Å². The molecular formula is C30H50NO7P. The minimum absolute atomic E-state index is 0.0239. The molecule has 39 heavy (non-hydrogen) atoms. The predicted molar refractivity (Wildman–Crippen MR) is 157 cm³/mol. The lowest BCUT2D eigenvalue weighted by Crippen LogP contribution is -2.37. The van der Waals surface area contributed by atoms with Gasteiger partial charge in [-0.05, 0) is 44.9 Å². The second-order valence-corrected chi connectivity index (χ2v) is 11.3. The Labute approximate surface area is 236 Å². The standard InChI is InChI=1S/C30H50NO7P/c1-5-6-7-8-9-10-11-12-13-14-15-16-17-18-19-20-21-22-23-24-30(33)36-27-29(32)28-38-39(34,35)37-26-25-31(2,3)4/h6-7,9-10,12-13,15-16,18-19,21-22,29,32H,5,8,11,14,17,20,23-28H2,1-4H3/b7-6-,10-9-,13-12-,16-15-,19-18-,22-21-/t29-/m1/s1. The first kappa shape index (κ1) is 36.9. The first-order chi connectivity index (χ1) is 18.6. The Morgan fingerprint density at radius 3 is 1.72 bits per heavy atom. The Balaban J connectivity index is 3.80. The normalized spacial score (nSPS) is 15.5. The monoisotopic (exact) mass is 567 g/mol. The van der Waals surface area contributed by atoms with Crippen LogP contribution < -0.4 is 4.89 Å². The molecule has 0 aromatic carbocycles. The number of hydrogen-bond acceptors (Lipinski definition) is 7. The molecule has 0 aromatic rings. The highest BCUT2D eigenvalue weighted by molar-refractivity contribution is 7.45. The summed E-state index contributed by atoms with van der Waals surface area (Å²) in [5, 5.41) is 9.80. The quantitative estimate of drug-likeness (QED) is 0.0744. The molecule has 0 aliphatic heterocycles. The fourth-order valence-electron chi connectivity index (χ4n) is 2.79. The van der Waals surface area contributed by atoms with Crippen LogP contribution in [0.2, 0.25) is 0 Å². The summed E-state index contributed by atoms with van der Waals surface area (Å²) < 4.78 is 26.6. The number of likely N-dealkylation sites (N-methyl/N-ethyl adjacent to an activating group) is 1. The molecule has 2 atom stereocenters. The van der Waals surface area contributed by atoms with Crippen LogP contribution in [0.15, 0.2) is 72.9 Å². The smallest absolute Gasteiger partial charge is 0.306 e. The Kier molecular flexibility index (Phi) is 22.5. The van der Waals surface area contributed by atoms with Gasteiger partial charge in [-0.1, -0.05) is 79.8 Å². The molecule has 1 N–H and O–H groups in total. The van der Waals surface area contributed by atoms with E-state index in [1.54, 1.807) is 0 Å². The molecule has 0 saturated heterocycles. The second-order valence-electron chi connectivity index (χ2n) is 9.88. The van der Waals surface area contributed by atoms with E-state index in [0.29, 0.717) is 17.4 Å². The van der Waals surface area contributed by atoms with Gasteiger partial charge in [-0.25, -0.2) is 0 Å². The topological polar surface area (TPSA) is 105 Å². The summed E-state index contributed by atoms with van der Waals surface area (Å²) >= 11 is 0. The minimum Gasteiger partial charge on any atom is -0.756 e. The Morgan fingerprint density at radius 1 is 0.795 bits per heavy atom. The molecule has 0 aliphatic rings. The highest BCUT2D eigenvalue weighted by atomic mass is 31.2. The zero-order valence-corrected chi connectivity index (χ0v) is 25.2. The fraction of sp³-hybridized carbons (Fsp3) is 0.567. The van der Waals surface area contributed by atoms with E-state index in [4.69, 9.17) is 9.26 Å². The largest absolute Gasteiger partial charge is 0.756 e. The third kappa shape index (κ3) is 28.8. The molecular weight excluding hydrogens is 517 g/mol. The maximum Gasteiger partial charge on any atom is 0.306 e. The summed E-state index contributed by atoms with van der Waals surface area (Å²) in [6.07, 6.45) is 30.5.